The average molecular weight is 237 g/mol. The van der Waals surface area contributed by atoms with Gasteiger partial charge in [-0.05, 0) is 24.1 Å². The van der Waals surface area contributed by atoms with Crippen LogP contribution in [-0.2, 0) is 11.3 Å². The summed E-state index contributed by atoms with van der Waals surface area (Å²) in [6, 6.07) is 2.48. The van der Waals surface area contributed by atoms with Gasteiger partial charge in [0.15, 0.2) is 0 Å². The van der Waals surface area contributed by atoms with Crippen molar-refractivity contribution in [3.63, 3.8) is 0 Å². The van der Waals surface area contributed by atoms with E-state index in [2.05, 4.69) is 38.4 Å². The van der Waals surface area contributed by atoms with Crippen molar-refractivity contribution in [1.82, 2.24) is 9.88 Å². The molecule has 1 unspecified atom stereocenters. The van der Waals surface area contributed by atoms with Crippen molar-refractivity contribution in [3.05, 3.63) is 24.0 Å². The lowest BCUT2D eigenvalue weighted by molar-refractivity contribution is -0.118. The third kappa shape index (κ3) is 4.23. The highest BCUT2D eigenvalue weighted by molar-refractivity contribution is 5.73. The van der Waals surface area contributed by atoms with Gasteiger partial charge in [0.2, 0.25) is 5.91 Å². The standard InChI is InChI=1S/C13H23N3O/c1-4-15-13(10(2)3)11-5-7-16(9-11)8-6-12(14)17/h5,7,9-10,13,15H,4,6,8H2,1-3H3,(H2,14,17). The lowest BCUT2D eigenvalue weighted by atomic mass is 9.98. The maximum absolute atomic E-state index is 10.7. The van der Waals surface area contributed by atoms with Crippen LogP contribution in [0.5, 0.6) is 0 Å². The molecule has 1 amide bonds. The Kier molecular flexibility index (Phi) is 5.22. The lowest BCUT2D eigenvalue weighted by Gasteiger charge is -2.20. The van der Waals surface area contributed by atoms with E-state index in [0.717, 1.165) is 6.54 Å². The van der Waals surface area contributed by atoms with Crippen molar-refractivity contribution in [2.75, 3.05) is 6.54 Å². The van der Waals surface area contributed by atoms with Crippen LogP contribution in [0, 0.1) is 5.92 Å². The van der Waals surface area contributed by atoms with Gasteiger partial charge in [-0.2, -0.15) is 0 Å². The minimum absolute atomic E-state index is 0.257. The first kappa shape index (κ1) is 13.8. The summed E-state index contributed by atoms with van der Waals surface area (Å²) < 4.78 is 2.02. The minimum atomic E-state index is -0.257. The third-order valence-electron chi connectivity index (χ3n) is 2.84. The molecular formula is C13H23N3O. The summed E-state index contributed by atoms with van der Waals surface area (Å²) in [5.74, 6) is 0.286. The molecule has 0 saturated carbocycles. The maximum Gasteiger partial charge on any atom is 0.219 e. The van der Waals surface area contributed by atoms with Crippen LogP contribution in [0.2, 0.25) is 0 Å². The SMILES string of the molecule is CCNC(c1ccn(CCC(N)=O)c1)C(C)C. The van der Waals surface area contributed by atoms with Gasteiger partial charge in [-0.25, -0.2) is 0 Å². The molecule has 0 radical (unpaired) electrons. The molecule has 0 aliphatic carbocycles. The Balaban J connectivity index is 2.67. The quantitative estimate of drug-likeness (QED) is 0.758. The van der Waals surface area contributed by atoms with Crippen molar-refractivity contribution in [2.45, 2.75) is 39.8 Å². The Hall–Kier alpha value is -1.29. The van der Waals surface area contributed by atoms with Gasteiger partial charge < -0.3 is 15.6 Å². The number of nitrogens with one attached hydrogen (secondary N) is 1. The fourth-order valence-corrected chi connectivity index (χ4v) is 1.98. The Morgan fingerprint density at radius 3 is 2.76 bits per heavy atom. The van der Waals surface area contributed by atoms with Crippen molar-refractivity contribution in [1.29, 1.82) is 0 Å². The number of aryl methyl sites for hydroxylation is 1. The van der Waals surface area contributed by atoms with Gasteiger partial charge in [0.1, 0.15) is 0 Å². The molecule has 0 aliphatic heterocycles. The molecule has 0 saturated heterocycles. The molecule has 1 atom stereocenters. The number of rotatable bonds is 7. The van der Waals surface area contributed by atoms with E-state index < -0.39 is 0 Å². The van der Waals surface area contributed by atoms with Gasteiger partial charge in [-0.3, -0.25) is 4.79 Å². The number of carbonyl (C=O) groups excluding carboxylic acids is 1. The molecule has 1 heterocycles. The predicted molar refractivity (Wildman–Crippen MR) is 69.5 cm³/mol. The summed E-state index contributed by atoms with van der Waals surface area (Å²) >= 11 is 0. The maximum atomic E-state index is 10.7. The highest BCUT2D eigenvalue weighted by Gasteiger charge is 2.15. The summed E-state index contributed by atoms with van der Waals surface area (Å²) in [7, 11) is 0. The van der Waals surface area contributed by atoms with Crippen molar-refractivity contribution < 1.29 is 4.79 Å². The zero-order chi connectivity index (χ0) is 12.8. The summed E-state index contributed by atoms with van der Waals surface area (Å²) in [6.45, 7) is 8.13. The van der Waals surface area contributed by atoms with Crippen molar-refractivity contribution in [3.8, 4) is 0 Å². The number of hydrogen-bond acceptors (Lipinski definition) is 2. The van der Waals surface area contributed by atoms with Crippen LogP contribution in [-0.4, -0.2) is 17.0 Å². The third-order valence-corrected chi connectivity index (χ3v) is 2.84. The molecule has 4 heteroatoms. The van der Waals surface area contributed by atoms with Crippen LogP contribution in [0.15, 0.2) is 18.5 Å². The van der Waals surface area contributed by atoms with Gasteiger partial charge in [0.05, 0.1) is 0 Å². The summed E-state index contributed by atoms with van der Waals surface area (Å²) in [5.41, 5.74) is 6.41. The number of primary amides is 1. The van der Waals surface area contributed by atoms with Crippen molar-refractivity contribution >= 4 is 5.91 Å². The van der Waals surface area contributed by atoms with E-state index in [1.807, 2.05) is 10.8 Å². The first-order valence-corrected chi connectivity index (χ1v) is 6.22. The van der Waals surface area contributed by atoms with Gasteiger partial charge >= 0.3 is 0 Å². The molecule has 3 N–H and O–H groups in total. The van der Waals surface area contributed by atoms with E-state index in [1.54, 1.807) is 0 Å². The topological polar surface area (TPSA) is 60.1 Å². The van der Waals surface area contributed by atoms with Crippen LogP contribution in [0.4, 0.5) is 0 Å². The van der Waals surface area contributed by atoms with E-state index in [0.29, 0.717) is 24.9 Å². The van der Waals surface area contributed by atoms with E-state index in [9.17, 15) is 4.79 Å². The van der Waals surface area contributed by atoms with E-state index in [1.165, 1.54) is 5.56 Å². The van der Waals surface area contributed by atoms with Crippen LogP contribution < -0.4 is 11.1 Å². The number of aromatic nitrogens is 1. The zero-order valence-corrected chi connectivity index (χ0v) is 10.9. The highest BCUT2D eigenvalue weighted by Crippen LogP contribution is 2.21. The number of nitrogens with zero attached hydrogens (tertiary/aromatic N) is 1. The van der Waals surface area contributed by atoms with Gasteiger partial charge in [-0.1, -0.05) is 20.8 Å². The Bertz CT molecular complexity index is 357. The molecular weight excluding hydrogens is 214 g/mol. The fourth-order valence-electron chi connectivity index (χ4n) is 1.98. The molecule has 0 bridgehead atoms. The van der Waals surface area contributed by atoms with Gasteiger partial charge in [0, 0.05) is 31.4 Å². The second-order valence-electron chi connectivity index (χ2n) is 4.68. The molecule has 17 heavy (non-hydrogen) atoms. The molecule has 0 aromatic carbocycles. The lowest BCUT2D eigenvalue weighted by Crippen LogP contribution is -2.25. The van der Waals surface area contributed by atoms with E-state index >= 15 is 0 Å². The minimum Gasteiger partial charge on any atom is -0.370 e. The predicted octanol–water partition coefficient (Wildman–Crippen LogP) is 1.67. The normalized spacial score (nSPS) is 12.9. The molecule has 4 nitrogen and oxygen atoms in total. The van der Waals surface area contributed by atoms with Crippen LogP contribution in [0.3, 0.4) is 0 Å². The first-order valence-electron chi connectivity index (χ1n) is 6.22. The molecule has 1 aromatic heterocycles. The Labute approximate surface area is 103 Å². The van der Waals surface area contributed by atoms with Gasteiger partial charge in [-0.15, -0.1) is 0 Å². The summed E-state index contributed by atoms with van der Waals surface area (Å²) in [5, 5.41) is 3.47. The smallest absolute Gasteiger partial charge is 0.219 e. The number of amides is 1. The first-order chi connectivity index (χ1) is 8.04. The molecule has 0 fully saturated rings. The molecule has 0 spiro atoms. The van der Waals surface area contributed by atoms with Gasteiger partial charge in [0.25, 0.3) is 0 Å². The fraction of sp³-hybridized carbons (Fsp3) is 0.615. The van der Waals surface area contributed by atoms with Crippen LogP contribution in [0.1, 0.15) is 38.8 Å². The largest absolute Gasteiger partial charge is 0.370 e. The number of carbonyl (C=O) groups is 1. The summed E-state index contributed by atoms with van der Waals surface area (Å²) in [6.07, 6.45) is 4.49. The zero-order valence-electron chi connectivity index (χ0n) is 10.9. The van der Waals surface area contributed by atoms with Crippen LogP contribution in [0.25, 0.3) is 0 Å². The number of hydrogen-bond donors (Lipinski definition) is 2. The highest BCUT2D eigenvalue weighted by atomic mass is 16.1. The molecule has 1 aromatic rings. The van der Waals surface area contributed by atoms with Crippen molar-refractivity contribution in [2.24, 2.45) is 11.7 Å². The second kappa shape index (κ2) is 6.45. The average Bonchev–Trinajstić information content (AvgIpc) is 2.71. The van der Waals surface area contributed by atoms with E-state index in [4.69, 9.17) is 5.73 Å². The van der Waals surface area contributed by atoms with Crippen LogP contribution >= 0.6 is 0 Å². The number of nitrogens with two attached hydrogens (primary N) is 1. The Morgan fingerprint density at radius 2 is 2.24 bits per heavy atom. The Morgan fingerprint density at radius 1 is 1.53 bits per heavy atom. The summed E-state index contributed by atoms with van der Waals surface area (Å²) in [4.78, 5) is 10.7. The molecule has 1 rings (SSSR count). The van der Waals surface area contributed by atoms with E-state index in [-0.39, 0.29) is 5.91 Å². The molecule has 96 valence electrons. The monoisotopic (exact) mass is 237 g/mol. The second-order valence-corrected chi connectivity index (χ2v) is 4.68. The molecule has 0 aliphatic rings.